The quantitative estimate of drug-likeness (QED) is 0.576. The van der Waals surface area contributed by atoms with Crippen molar-refractivity contribution in [2.45, 2.75) is 31.7 Å². The molecule has 102 valence electrons. The monoisotopic (exact) mass is 266 g/mol. The number of carboxylic acids is 1. The molecular formula is C13H14O6. The van der Waals surface area contributed by atoms with Gasteiger partial charge in [0.05, 0.1) is 12.0 Å². The van der Waals surface area contributed by atoms with Crippen LogP contribution in [0, 0.1) is 17.8 Å². The van der Waals surface area contributed by atoms with Gasteiger partial charge in [0.1, 0.15) is 18.1 Å². The smallest absolute Gasteiger partial charge is 0.313 e. The first kappa shape index (κ1) is 12.3. The molecule has 3 saturated heterocycles. The summed E-state index contributed by atoms with van der Waals surface area (Å²) in [5.41, 5.74) is 0.401. The van der Waals surface area contributed by atoms with Crippen molar-refractivity contribution in [1.82, 2.24) is 0 Å². The Bertz CT molecular complexity index is 495. The highest BCUT2D eigenvalue weighted by Gasteiger charge is 2.70. The number of ketones is 1. The minimum Gasteiger partial charge on any atom is -0.481 e. The molecule has 0 amide bonds. The Morgan fingerprint density at radius 3 is 2.58 bits per heavy atom. The van der Waals surface area contributed by atoms with Gasteiger partial charge in [0.2, 0.25) is 0 Å². The molecular weight excluding hydrogens is 252 g/mol. The van der Waals surface area contributed by atoms with Crippen molar-refractivity contribution in [3.63, 3.8) is 0 Å². The molecule has 0 aromatic heterocycles. The largest absolute Gasteiger partial charge is 0.481 e. The van der Waals surface area contributed by atoms with Gasteiger partial charge < -0.3 is 14.6 Å². The molecule has 2 bridgehead atoms. The number of esters is 1. The van der Waals surface area contributed by atoms with Gasteiger partial charge in [0, 0.05) is 12.3 Å². The standard InChI is InChI=1S/C13H14O6/c1-4(2)6(14)3-5-7-10-11(19-13(7)17)8(12(15)16)9(5)18-10/h5,7-11H,1,3H2,2H3,(H,15,16). The van der Waals surface area contributed by atoms with Gasteiger partial charge in [-0.3, -0.25) is 14.4 Å². The van der Waals surface area contributed by atoms with Crippen LogP contribution in [-0.2, 0) is 23.9 Å². The second-order valence-corrected chi connectivity index (χ2v) is 5.43. The molecule has 0 saturated carbocycles. The van der Waals surface area contributed by atoms with Crippen LogP contribution in [0.5, 0.6) is 0 Å². The molecule has 6 nitrogen and oxygen atoms in total. The molecule has 3 aliphatic rings. The molecule has 0 aliphatic carbocycles. The van der Waals surface area contributed by atoms with E-state index >= 15 is 0 Å². The van der Waals surface area contributed by atoms with Crippen molar-refractivity contribution >= 4 is 17.7 Å². The summed E-state index contributed by atoms with van der Waals surface area (Å²) in [7, 11) is 0. The first-order valence-corrected chi connectivity index (χ1v) is 6.19. The zero-order valence-electron chi connectivity index (χ0n) is 10.4. The van der Waals surface area contributed by atoms with Gasteiger partial charge in [-0.05, 0) is 12.5 Å². The lowest BCUT2D eigenvalue weighted by Crippen LogP contribution is -2.43. The second-order valence-electron chi connectivity index (χ2n) is 5.43. The average molecular weight is 266 g/mol. The summed E-state index contributed by atoms with van der Waals surface area (Å²) in [6.45, 7) is 5.17. The Balaban J connectivity index is 1.89. The van der Waals surface area contributed by atoms with E-state index in [1.54, 1.807) is 6.92 Å². The predicted molar refractivity (Wildman–Crippen MR) is 61.1 cm³/mol. The van der Waals surface area contributed by atoms with E-state index < -0.39 is 48.0 Å². The van der Waals surface area contributed by atoms with Gasteiger partial charge >= 0.3 is 11.9 Å². The molecule has 0 spiro atoms. The fourth-order valence-corrected chi connectivity index (χ4v) is 3.41. The molecule has 0 radical (unpaired) electrons. The molecule has 6 atom stereocenters. The Morgan fingerprint density at radius 1 is 1.32 bits per heavy atom. The number of carbonyl (C=O) groups is 3. The molecule has 0 aromatic carbocycles. The predicted octanol–water partition coefficient (Wildman–Crippen LogP) is 0.161. The third-order valence-corrected chi connectivity index (χ3v) is 4.29. The minimum absolute atomic E-state index is 0.0900. The maximum atomic E-state index is 11.8. The van der Waals surface area contributed by atoms with E-state index in [-0.39, 0.29) is 12.2 Å². The fourth-order valence-electron chi connectivity index (χ4n) is 3.41. The lowest BCUT2D eigenvalue weighted by Gasteiger charge is -2.25. The van der Waals surface area contributed by atoms with E-state index in [1.807, 2.05) is 0 Å². The number of allylic oxidation sites excluding steroid dienone is 1. The number of rotatable bonds is 4. The second kappa shape index (κ2) is 3.90. The number of Topliss-reactive ketones (excluding diaryl/α,β-unsaturated/α-hetero) is 1. The van der Waals surface area contributed by atoms with Crippen LogP contribution in [0.1, 0.15) is 13.3 Å². The maximum Gasteiger partial charge on any atom is 0.313 e. The molecule has 19 heavy (non-hydrogen) atoms. The Hall–Kier alpha value is -1.69. The van der Waals surface area contributed by atoms with Gasteiger partial charge in [-0.1, -0.05) is 6.58 Å². The van der Waals surface area contributed by atoms with E-state index in [9.17, 15) is 19.5 Å². The Morgan fingerprint density at radius 2 is 2.00 bits per heavy atom. The van der Waals surface area contributed by atoms with Crippen LogP contribution < -0.4 is 0 Å². The highest BCUT2D eigenvalue weighted by Crippen LogP contribution is 2.54. The lowest BCUT2D eigenvalue weighted by molar-refractivity contribution is -0.150. The van der Waals surface area contributed by atoms with Crippen LogP contribution in [-0.4, -0.2) is 41.1 Å². The van der Waals surface area contributed by atoms with Gasteiger partial charge in [-0.25, -0.2) is 0 Å². The minimum atomic E-state index is -1.04. The molecule has 3 rings (SSSR count). The molecule has 3 fully saturated rings. The summed E-state index contributed by atoms with van der Waals surface area (Å²) in [5.74, 6) is -3.44. The van der Waals surface area contributed by atoms with E-state index in [4.69, 9.17) is 9.47 Å². The van der Waals surface area contributed by atoms with Gasteiger partial charge in [-0.2, -0.15) is 0 Å². The summed E-state index contributed by atoms with van der Waals surface area (Å²) in [5, 5.41) is 9.23. The molecule has 6 unspecified atom stereocenters. The number of ether oxygens (including phenoxy) is 2. The summed E-state index contributed by atoms with van der Waals surface area (Å²) in [4.78, 5) is 34.8. The van der Waals surface area contributed by atoms with Crippen LogP contribution >= 0.6 is 0 Å². The van der Waals surface area contributed by atoms with Crippen molar-refractivity contribution in [1.29, 1.82) is 0 Å². The first-order valence-electron chi connectivity index (χ1n) is 6.19. The number of carbonyl (C=O) groups excluding carboxylic acids is 2. The van der Waals surface area contributed by atoms with Gasteiger partial charge in [0.15, 0.2) is 5.78 Å². The van der Waals surface area contributed by atoms with Crippen molar-refractivity contribution in [3.05, 3.63) is 12.2 Å². The summed E-state index contributed by atoms with van der Waals surface area (Å²) in [6, 6.07) is 0. The number of carboxylic acid groups (broad SMARTS) is 1. The van der Waals surface area contributed by atoms with Crippen LogP contribution in [0.15, 0.2) is 12.2 Å². The van der Waals surface area contributed by atoms with E-state index in [2.05, 4.69) is 6.58 Å². The van der Waals surface area contributed by atoms with Crippen molar-refractivity contribution in [2.24, 2.45) is 17.8 Å². The van der Waals surface area contributed by atoms with E-state index in [0.29, 0.717) is 5.57 Å². The SMILES string of the molecule is C=C(C)C(=O)CC1C2OC3C(OC(=O)C13)C2C(=O)O. The molecule has 3 heterocycles. The molecule has 0 aromatic rings. The van der Waals surface area contributed by atoms with Crippen LogP contribution in [0.25, 0.3) is 0 Å². The zero-order chi connectivity index (χ0) is 13.9. The van der Waals surface area contributed by atoms with Crippen molar-refractivity contribution in [3.8, 4) is 0 Å². The normalized spacial score (nSPS) is 42.3. The Labute approximate surface area is 109 Å². The van der Waals surface area contributed by atoms with Gasteiger partial charge in [-0.15, -0.1) is 0 Å². The lowest BCUT2D eigenvalue weighted by atomic mass is 9.72. The van der Waals surface area contributed by atoms with Crippen LogP contribution in [0.2, 0.25) is 0 Å². The summed E-state index contributed by atoms with van der Waals surface area (Å²) >= 11 is 0. The first-order chi connectivity index (χ1) is 8.91. The van der Waals surface area contributed by atoms with Crippen molar-refractivity contribution < 1.29 is 29.0 Å². The molecule has 1 N–H and O–H groups in total. The van der Waals surface area contributed by atoms with Crippen LogP contribution in [0.4, 0.5) is 0 Å². The number of aliphatic carboxylic acids is 1. The average Bonchev–Trinajstić information content (AvgIpc) is 2.89. The highest BCUT2D eigenvalue weighted by molar-refractivity contribution is 5.95. The van der Waals surface area contributed by atoms with Crippen LogP contribution in [0.3, 0.4) is 0 Å². The number of hydrogen-bond acceptors (Lipinski definition) is 5. The maximum absolute atomic E-state index is 11.8. The van der Waals surface area contributed by atoms with E-state index in [1.165, 1.54) is 0 Å². The molecule has 6 heteroatoms. The highest BCUT2D eigenvalue weighted by atomic mass is 16.6. The third kappa shape index (κ3) is 1.56. The summed E-state index contributed by atoms with van der Waals surface area (Å²) in [6.07, 6.45) is -1.74. The van der Waals surface area contributed by atoms with Crippen molar-refractivity contribution in [2.75, 3.05) is 0 Å². The Kier molecular flexibility index (Phi) is 2.53. The van der Waals surface area contributed by atoms with Gasteiger partial charge in [0.25, 0.3) is 0 Å². The van der Waals surface area contributed by atoms with E-state index in [0.717, 1.165) is 0 Å². The summed E-state index contributed by atoms with van der Waals surface area (Å²) < 4.78 is 10.7. The fraction of sp³-hybridized carbons (Fsp3) is 0.615. The molecule has 3 aliphatic heterocycles. The topological polar surface area (TPSA) is 89.9 Å². The third-order valence-electron chi connectivity index (χ3n) is 4.29. The zero-order valence-corrected chi connectivity index (χ0v) is 10.4. The number of hydrogen-bond donors (Lipinski definition) is 1. The number of fused-ring (bicyclic) bond motifs is 1.